The van der Waals surface area contributed by atoms with Crippen molar-refractivity contribution in [3.8, 4) is 12.1 Å². The lowest BCUT2D eigenvalue weighted by Gasteiger charge is -1.99. The van der Waals surface area contributed by atoms with E-state index in [4.69, 9.17) is 10.5 Å². The van der Waals surface area contributed by atoms with Crippen LogP contribution >= 0.6 is 0 Å². The molecule has 1 heterocycles. The summed E-state index contributed by atoms with van der Waals surface area (Å²) in [6.45, 7) is 0. The number of aromatic nitrogens is 1. The summed E-state index contributed by atoms with van der Waals surface area (Å²) in [7, 11) is 0. The molecule has 64 valence electrons. The quantitative estimate of drug-likeness (QED) is 0.621. The minimum absolute atomic E-state index is 0.396. The van der Waals surface area contributed by atoms with Crippen molar-refractivity contribution in [3.05, 3.63) is 41.6 Å². The van der Waals surface area contributed by atoms with Crippen molar-refractivity contribution in [2.45, 2.75) is 0 Å². The standard InChI is InChI=1S/C11H5N3/c12-6-8-3-4-11-9(10(8)7-13)2-1-5-14-11/h1-5H. The number of nitrogens with zero attached hydrogens (tertiary/aromatic N) is 3. The fourth-order valence-electron chi connectivity index (χ4n) is 1.37. The van der Waals surface area contributed by atoms with Crippen molar-refractivity contribution in [2.24, 2.45) is 0 Å². The van der Waals surface area contributed by atoms with Crippen molar-refractivity contribution in [3.63, 3.8) is 0 Å². The van der Waals surface area contributed by atoms with E-state index >= 15 is 0 Å². The maximum Gasteiger partial charge on any atom is 0.101 e. The first kappa shape index (κ1) is 8.22. The third-order valence-electron chi connectivity index (χ3n) is 2.02. The van der Waals surface area contributed by atoms with Crippen LogP contribution in [0.1, 0.15) is 11.1 Å². The lowest BCUT2D eigenvalue weighted by atomic mass is 10.0. The van der Waals surface area contributed by atoms with Gasteiger partial charge in [-0.1, -0.05) is 0 Å². The van der Waals surface area contributed by atoms with Crippen molar-refractivity contribution < 1.29 is 0 Å². The van der Waals surface area contributed by atoms with Crippen LogP contribution in [-0.4, -0.2) is 4.98 Å². The molecule has 1 aromatic heterocycles. The third-order valence-corrected chi connectivity index (χ3v) is 2.02. The van der Waals surface area contributed by atoms with E-state index in [9.17, 15) is 0 Å². The Kier molecular flexibility index (Phi) is 1.86. The van der Waals surface area contributed by atoms with Gasteiger partial charge in [0.15, 0.2) is 0 Å². The molecule has 0 aliphatic heterocycles. The Hall–Kier alpha value is -2.39. The highest BCUT2D eigenvalue weighted by Gasteiger charge is 2.06. The SMILES string of the molecule is N#Cc1ccc2ncccc2c1C#N. The third kappa shape index (κ3) is 1.09. The summed E-state index contributed by atoms with van der Waals surface area (Å²) in [4.78, 5) is 4.10. The van der Waals surface area contributed by atoms with Crippen LogP contribution in [0.25, 0.3) is 10.9 Å². The van der Waals surface area contributed by atoms with Gasteiger partial charge in [0.25, 0.3) is 0 Å². The fourth-order valence-corrected chi connectivity index (χ4v) is 1.37. The molecule has 14 heavy (non-hydrogen) atoms. The zero-order valence-electron chi connectivity index (χ0n) is 7.23. The van der Waals surface area contributed by atoms with Gasteiger partial charge in [0, 0.05) is 11.6 Å². The van der Waals surface area contributed by atoms with Crippen molar-refractivity contribution in [1.82, 2.24) is 4.98 Å². The molecule has 0 aliphatic rings. The molecule has 0 fully saturated rings. The summed E-state index contributed by atoms with van der Waals surface area (Å²) < 4.78 is 0. The van der Waals surface area contributed by atoms with Crippen molar-refractivity contribution in [2.75, 3.05) is 0 Å². The summed E-state index contributed by atoms with van der Waals surface area (Å²) in [6.07, 6.45) is 1.66. The molecule has 3 heteroatoms. The van der Waals surface area contributed by atoms with Gasteiger partial charge in [-0.3, -0.25) is 4.98 Å². The van der Waals surface area contributed by atoms with E-state index in [0.717, 1.165) is 10.9 Å². The zero-order chi connectivity index (χ0) is 9.97. The first-order chi connectivity index (χ1) is 6.86. The minimum Gasteiger partial charge on any atom is -0.256 e. The second-order valence-corrected chi connectivity index (χ2v) is 2.78. The number of fused-ring (bicyclic) bond motifs is 1. The molecule has 0 N–H and O–H groups in total. The molecule has 0 bridgehead atoms. The van der Waals surface area contributed by atoms with Gasteiger partial charge in [0.1, 0.15) is 12.1 Å². The van der Waals surface area contributed by atoms with Crippen LogP contribution in [0.2, 0.25) is 0 Å². The number of benzene rings is 1. The molecule has 0 saturated heterocycles. The van der Waals surface area contributed by atoms with Gasteiger partial charge in [0.05, 0.1) is 16.6 Å². The fraction of sp³-hybridized carbons (Fsp3) is 0. The number of rotatable bonds is 0. The molecule has 0 saturated carbocycles. The maximum atomic E-state index is 8.92. The molecular formula is C11H5N3. The van der Waals surface area contributed by atoms with Gasteiger partial charge < -0.3 is 0 Å². The van der Waals surface area contributed by atoms with Gasteiger partial charge in [0.2, 0.25) is 0 Å². The molecule has 0 radical (unpaired) electrons. The minimum atomic E-state index is 0.396. The average Bonchev–Trinajstić information content (AvgIpc) is 2.27. The molecular weight excluding hydrogens is 174 g/mol. The number of hydrogen-bond donors (Lipinski definition) is 0. The largest absolute Gasteiger partial charge is 0.256 e. The monoisotopic (exact) mass is 179 g/mol. The second kappa shape index (κ2) is 3.16. The predicted molar refractivity (Wildman–Crippen MR) is 51.2 cm³/mol. The van der Waals surface area contributed by atoms with Gasteiger partial charge in [-0.15, -0.1) is 0 Å². The van der Waals surface area contributed by atoms with Gasteiger partial charge in [-0.25, -0.2) is 0 Å². The van der Waals surface area contributed by atoms with E-state index in [1.807, 2.05) is 12.1 Å². The Morgan fingerprint density at radius 2 is 1.93 bits per heavy atom. The lowest BCUT2D eigenvalue weighted by Crippen LogP contribution is -1.87. The van der Waals surface area contributed by atoms with Gasteiger partial charge in [-0.05, 0) is 24.3 Å². The molecule has 3 nitrogen and oxygen atoms in total. The van der Waals surface area contributed by atoms with E-state index in [-0.39, 0.29) is 0 Å². The average molecular weight is 179 g/mol. The summed E-state index contributed by atoms with van der Waals surface area (Å²) >= 11 is 0. The zero-order valence-corrected chi connectivity index (χ0v) is 7.23. The Morgan fingerprint density at radius 3 is 2.64 bits per heavy atom. The Bertz CT molecular complexity index is 573. The summed E-state index contributed by atoms with van der Waals surface area (Å²) in [6, 6.07) is 10.9. The lowest BCUT2D eigenvalue weighted by molar-refractivity contribution is 1.39. The molecule has 0 aliphatic carbocycles. The second-order valence-electron chi connectivity index (χ2n) is 2.78. The van der Waals surface area contributed by atoms with Crippen LogP contribution in [0.3, 0.4) is 0 Å². The van der Waals surface area contributed by atoms with E-state index in [1.54, 1.807) is 30.5 Å². The van der Waals surface area contributed by atoms with Crippen LogP contribution in [0.5, 0.6) is 0 Å². The highest BCUT2D eigenvalue weighted by Crippen LogP contribution is 2.19. The van der Waals surface area contributed by atoms with Crippen LogP contribution < -0.4 is 0 Å². The topological polar surface area (TPSA) is 60.5 Å². The Labute approximate surface area is 80.8 Å². The molecule has 1 aromatic carbocycles. The highest BCUT2D eigenvalue weighted by atomic mass is 14.6. The first-order valence-electron chi connectivity index (χ1n) is 4.05. The van der Waals surface area contributed by atoms with Crippen LogP contribution in [0.15, 0.2) is 30.5 Å². The van der Waals surface area contributed by atoms with Crippen LogP contribution in [0, 0.1) is 22.7 Å². The van der Waals surface area contributed by atoms with E-state index in [0.29, 0.717) is 11.1 Å². The maximum absolute atomic E-state index is 8.92. The van der Waals surface area contributed by atoms with Crippen LogP contribution in [-0.2, 0) is 0 Å². The summed E-state index contributed by atoms with van der Waals surface area (Å²) in [5.41, 5.74) is 1.54. The first-order valence-corrected chi connectivity index (χ1v) is 4.05. The van der Waals surface area contributed by atoms with E-state index < -0.39 is 0 Å². The molecule has 0 unspecified atom stereocenters. The summed E-state index contributed by atoms with van der Waals surface area (Å²) in [5, 5.41) is 18.4. The normalized spacial score (nSPS) is 9.29. The Morgan fingerprint density at radius 1 is 1.07 bits per heavy atom. The smallest absolute Gasteiger partial charge is 0.101 e. The molecule has 0 spiro atoms. The number of hydrogen-bond acceptors (Lipinski definition) is 3. The van der Waals surface area contributed by atoms with Crippen molar-refractivity contribution in [1.29, 1.82) is 10.5 Å². The van der Waals surface area contributed by atoms with E-state index in [1.165, 1.54) is 0 Å². The van der Waals surface area contributed by atoms with Gasteiger partial charge >= 0.3 is 0 Å². The van der Waals surface area contributed by atoms with Gasteiger partial charge in [-0.2, -0.15) is 10.5 Å². The molecule has 0 amide bonds. The van der Waals surface area contributed by atoms with Crippen LogP contribution in [0.4, 0.5) is 0 Å². The van der Waals surface area contributed by atoms with E-state index in [2.05, 4.69) is 4.98 Å². The Balaban J connectivity index is 2.94. The number of nitriles is 2. The molecule has 2 aromatic rings. The molecule has 2 rings (SSSR count). The molecule has 0 atom stereocenters. The highest BCUT2D eigenvalue weighted by molar-refractivity contribution is 5.86. The number of pyridine rings is 1. The van der Waals surface area contributed by atoms with Crippen molar-refractivity contribution >= 4 is 10.9 Å². The summed E-state index contributed by atoms with van der Waals surface area (Å²) in [5.74, 6) is 0. The predicted octanol–water partition coefficient (Wildman–Crippen LogP) is 1.98.